The lowest BCUT2D eigenvalue weighted by Crippen LogP contribution is -2.52. The molecule has 5 rings (SSSR count). The molecule has 4 aliphatic heterocycles. The molecule has 0 unspecified atom stereocenters. The zero-order valence-corrected chi connectivity index (χ0v) is 16.9. The van der Waals surface area contributed by atoms with Gasteiger partial charge in [-0.2, -0.15) is 0 Å². The van der Waals surface area contributed by atoms with Gasteiger partial charge in [-0.25, -0.2) is 4.90 Å². The van der Waals surface area contributed by atoms with E-state index in [4.69, 9.17) is 23.7 Å². The molecule has 4 atom stereocenters. The van der Waals surface area contributed by atoms with Crippen LogP contribution >= 0.6 is 0 Å². The fourth-order valence-electron chi connectivity index (χ4n) is 4.84. The maximum Gasteiger partial charge on any atom is 0.305 e. The third kappa shape index (κ3) is 2.61. The van der Waals surface area contributed by atoms with Gasteiger partial charge in [-0.05, 0) is 25.1 Å². The van der Waals surface area contributed by atoms with Crippen LogP contribution in [0.1, 0.15) is 20.8 Å². The molecule has 2 bridgehead atoms. The summed E-state index contributed by atoms with van der Waals surface area (Å²) in [6.45, 7) is 4.02. The molecular weight excluding hydrogens is 410 g/mol. The molecule has 2 fully saturated rings. The van der Waals surface area contributed by atoms with Crippen LogP contribution in [0.4, 0.5) is 5.69 Å². The molecule has 0 aromatic heterocycles. The first-order valence-electron chi connectivity index (χ1n) is 9.69. The Hall–Kier alpha value is -3.40. The standard InChI is InChI=1S/C21H19NO9/c1-10(23)29-19(30-11(2)24)21-7-6-20(3,31-21)15-16(21)18(26)22(17(15)25)12-4-5-13-14(8-12)28-9-27-13/h4-8,15-16,19H,9H2,1-3H3/t15-,16-,20+,21-/m1/s1. The van der Waals surface area contributed by atoms with Crippen molar-refractivity contribution in [3.8, 4) is 11.5 Å². The van der Waals surface area contributed by atoms with Gasteiger partial charge < -0.3 is 23.7 Å². The molecule has 0 N–H and O–H groups in total. The molecule has 10 heteroatoms. The van der Waals surface area contributed by atoms with E-state index in [1.165, 1.54) is 0 Å². The van der Waals surface area contributed by atoms with Crippen LogP contribution in [0.5, 0.6) is 11.5 Å². The second kappa shape index (κ2) is 6.30. The minimum atomic E-state index is -1.62. The number of esters is 2. The van der Waals surface area contributed by atoms with E-state index in [1.54, 1.807) is 37.3 Å². The van der Waals surface area contributed by atoms with Crippen molar-refractivity contribution in [1.82, 2.24) is 0 Å². The average molecular weight is 429 g/mol. The quantitative estimate of drug-likeness (QED) is 0.300. The second-order valence-electron chi connectivity index (χ2n) is 8.03. The van der Waals surface area contributed by atoms with Crippen molar-refractivity contribution in [2.24, 2.45) is 11.8 Å². The first-order valence-corrected chi connectivity index (χ1v) is 9.69. The normalized spacial score (nSPS) is 32.1. The second-order valence-corrected chi connectivity index (χ2v) is 8.03. The molecule has 162 valence electrons. The minimum absolute atomic E-state index is 0.0529. The molecule has 10 nitrogen and oxygen atoms in total. The number of imide groups is 1. The first-order chi connectivity index (χ1) is 14.7. The maximum atomic E-state index is 13.5. The Labute approximate surface area is 176 Å². The molecule has 0 saturated carbocycles. The van der Waals surface area contributed by atoms with Gasteiger partial charge in [0.2, 0.25) is 18.6 Å². The van der Waals surface area contributed by atoms with Crippen molar-refractivity contribution >= 4 is 29.4 Å². The van der Waals surface area contributed by atoms with Gasteiger partial charge in [0.25, 0.3) is 6.29 Å². The van der Waals surface area contributed by atoms with Crippen molar-refractivity contribution in [3.63, 3.8) is 0 Å². The highest BCUT2D eigenvalue weighted by Crippen LogP contribution is 2.59. The number of ether oxygens (including phenoxy) is 5. The number of anilines is 1. The number of carbonyl (C=O) groups excluding carboxylic acids is 4. The van der Waals surface area contributed by atoms with Crippen LogP contribution in [0.3, 0.4) is 0 Å². The van der Waals surface area contributed by atoms with Gasteiger partial charge in [-0.1, -0.05) is 6.08 Å². The smallest absolute Gasteiger partial charge is 0.305 e. The zero-order valence-electron chi connectivity index (χ0n) is 16.9. The van der Waals surface area contributed by atoms with Crippen molar-refractivity contribution in [1.29, 1.82) is 0 Å². The summed E-state index contributed by atoms with van der Waals surface area (Å²) < 4.78 is 27.2. The Bertz CT molecular complexity index is 1050. The van der Waals surface area contributed by atoms with Crippen molar-refractivity contribution in [3.05, 3.63) is 30.4 Å². The third-order valence-electron chi connectivity index (χ3n) is 6.01. The summed E-state index contributed by atoms with van der Waals surface area (Å²) in [7, 11) is 0. The Morgan fingerprint density at radius 3 is 2.35 bits per heavy atom. The van der Waals surface area contributed by atoms with Crippen LogP contribution in [0.15, 0.2) is 30.4 Å². The Kier molecular flexibility index (Phi) is 3.97. The molecule has 4 aliphatic rings. The number of fused-ring (bicyclic) bond motifs is 6. The monoisotopic (exact) mass is 429 g/mol. The maximum absolute atomic E-state index is 13.5. The van der Waals surface area contributed by atoms with E-state index in [-0.39, 0.29) is 6.79 Å². The lowest BCUT2D eigenvalue weighted by molar-refractivity contribution is -0.231. The van der Waals surface area contributed by atoms with Gasteiger partial charge in [0.1, 0.15) is 0 Å². The average Bonchev–Trinajstić information content (AvgIpc) is 3.40. The topological polar surface area (TPSA) is 118 Å². The molecule has 4 heterocycles. The van der Waals surface area contributed by atoms with Gasteiger partial charge in [0.15, 0.2) is 17.1 Å². The Morgan fingerprint density at radius 1 is 1.03 bits per heavy atom. The van der Waals surface area contributed by atoms with E-state index >= 15 is 0 Å². The van der Waals surface area contributed by atoms with Crippen molar-refractivity contribution in [2.45, 2.75) is 38.3 Å². The van der Waals surface area contributed by atoms with E-state index in [2.05, 4.69) is 0 Å². The predicted octanol–water partition coefficient (Wildman–Crippen LogP) is 1.07. The summed E-state index contributed by atoms with van der Waals surface area (Å²) >= 11 is 0. The number of hydrogen-bond donors (Lipinski definition) is 0. The number of rotatable bonds is 4. The highest BCUT2D eigenvalue weighted by atomic mass is 16.7. The van der Waals surface area contributed by atoms with E-state index in [9.17, 15) is 19.2 Å². The van der Waals surface area contributed by atoms with Crippen molar-refractivity contribution < 1.29 is 42.9 Å². The third-order valence-corrected chi connectivity index (χ3v) is 6.01. The summed E-state index contributed by atoms with van der Waals surface area (Å²) in [6, 6.07) is 4.76. The number of nitrogens with zero attached hydrogens (tertiary/aromatic N) is 1. The number of amides is 2. The summed E-state index contributed by atoms with van der Waals surface area (Å²) in [6.07, 6.45) is 1.66. The first kappa shape index (κ1) is 19.6. The lowest BCUT2D eigenvalue weighted by atomic mass is 9.72. The van der Waals surface area contributed by atoms with E-state index in [0.29, 0.717) is 17.2 Å². The highest BCUT2D eigenvalue weighted by molar-refractivity contribution is 6.23. The van der Waals surface area contributed by atoms with E-state index in [1.807, 2.05) is 0 Å². The minimum Gasteiger partial charge on any atom is -0.454 e. The summed E-state index contributed by atoms with van der Waals surface area (Å²) in [5.41, 5.74) is -2.43. The van der Waals surface area contributed by atoms with Crippen LogP contribution in [0, 0.1) is 11.8 Å². The largest absolute Gasteiger partial charge is 0.454 e. The van der Waals surface area contributed by atoms with Crippen LogP contribution in [0.2, 0.25) is 0 Å². The van der Waals surface area contributed by atoms with Gasteiger partial charge in [0, 0.05) is 19.9 Å². The molecule has 0 radical (unpaired) electrons. The molecule has 0 aliphatic carbocycles. The van der Waals surface area contributed by atoms with Crippen LogP contribution in [-0.4, -0.2) is 48.0 Å². The molecular formula is C21H19NO9. The molecule has 2 amide bonds. The fourth-order valence-corrected chi connectivity index (χ4v) is 4.84. The molecule has 2 saturated heterocycles. The van der Waals surface area contributed by atoms with E-state index < -0.39 is 53.1 Å². The summed E-state index contributed by atoms with van der Waals surface area (Å²) in [4.78, 5) is 51.4. The lowest BCUT2D eigenvalue weighted by Gasteiger charge is -2.34. The van der Waals surface area contributed by atoms with Crippen LogP contribution < -0.4 is 14.4 Å². The van der Waals surface area contributed by atoms with Crippen LogP contribution in [0.25, 0.3) is 0 Å². The zero-order chi connectivity index (χ0) is 22.1. The van der Waals surface area contributed by atoms with Gasteiger partial charge in [0.05, 0.1) is 23.1 Å². The Balaban J connectivity index is 1.57. The molecule has 0 spiro atoms. The number of carbonyl (C=O) groups is 4. The van der Waals surface area contributed by atoms with Crippen molar-refractivity contribution in [2.75, 3.05) is 11.7 Å². The summed E-state index contributed by atoms with van der Waals surface area (Å²) in [5.74, 6) is -3.46. The fraction of sp³-hybridized carbons (Fsp3) is 0.429. The highest BCUT2D eigenvalue weighted by Gasteiger charge is 2.76. The molecule has 31 heavy (non-hydrogen) atoms. The summed E-state index contributed by atoms with van der Waals surface area (Å²) in [5, 5.41) is 0. The molecule has 1 aromatic carbocycles. The Morgan fingerprint density at radius 2 is 1.68 bits per heavy atom. The molecule has 1 aromatic rings. The number of hydrogen-bond acceptors (Lipinski definition) is 9. The van der Waals surface area contributed by atoms with Crippen LogP contribution in [-0.2, 0) is 33.4 Å². The SMILES string of the molecule is CC(=O)OC(OC(C)=O)[C@]12C=C[C@](C)(O1)[C@H]1C(=O)N(c3ccc4c(c3)OCO4)C(=O)[C@@H]12. The van der Waals surface area contributed by atoms with Gasteiger partial charge >= 0.3 is 11.9 Å². The number of benzene rings is 1. The van der Waals surface area contributed by atoms with E-state index in [0.717, 1.165) is 18.7 Å². The predicted molar refractivity (Wildman–Crippen MR) is 101 cm³/mol. The van der Waals surface area contributed by atoms with Gasteiger partial charge in [-0.3, -0.25) is 19.2 Å². The van der Waals surface area contributed by atoms with Gasteiger partial charge in [-0.15, -0.1) is 0 Å².